The van der Waals surface area contributed by atoms with Gasteiger partial charge in [0.05, 0.1) is 77.4 Å². The van der Waals surface area contributed by atoms with E-state index in [1.807, 2.05) is 17.1 Å². The summed E-state index contributed by atoms with van der Waals surface area (Å²) < 4.78 is 157. The minimum absolute atomic E-state index is 0. The minimum Gasteiger partial charge on any atom is -0.507 e. The zero-order valence-corrected chi connectivity index (χ0v) is 86.7. The van der Waals surface area contributed by atoms with E-state index in [1.165, 1.54) is 130 Å². The van der Waals surface area contributed by atoms with Gasteiger partial charge in [0.1, 0.15) is 94.6 Å². The standard InChI is InChI=1S/C20H20N4O4S.C12H11N4O3S.C12H11N3O5S.C12H13N3O3S.C7H6ClNO5S.C5H6N2.C5H11NO2.CHI3.CH2I2.CH3I.CH4/c1-13-10-16(11-14(2)20(13)25)23-22-15-7-8-18(17(12-15)28-3)29(26,27)24-19-6-4-5-9-21-19;1-19-10-8-9(15-13)5-6-11(10)20(17,18)16-12-4-2-3-7-14-12;1-20-10-8-9(15(16)17)5-6-11(10)21(18,19)14-12-4-2-3-7-13-12;1-18-10-8-9(13)5-6-11(10)19(16,17)15-12-4-2-3-7-14-12;1-14-6-4-5(9(10)11)2-3-7(6)15(8,12)13;6-5-3-1-2-4-7-5;1-5(2)3-4-8-6-7;2-1(3)4;2-1-3;1-2;/h4-12,25H,1-3H3,(H,21,24);2-8H,1H3,(H,14,16);2-8H,1H3,(H,13,14);2-8H,13H2,1H3,(H,14,15);2-4H,1H3;1-4H,(H2,6,7);5H,3-4H2,1-2H3;1H;1H2;1H3;1H4/q;+1;;;;;;;;;. The van der Waals surface area contributed by atoms with Gasteiger partial charge in [0, 0.05) is 77.7 Å². The Hall–Kier alpha value is -9.69. The third-order valence-electron chi connectivity index (χ3n) is 14.6. The SMILES string of the molecule is C.CC(C)CCON=O.CI.COc1cc(N)ccc1S(=O)(=O)Nc1ccccn1.COc1cc(N=Nc2cc(C)c(O)c(C)c2)ccc1S(=O)(=O)Nc1ccccn1.COc1cc([N+]#N)ccc1S(=O)(=O)Nc1ccccn1.COc1cc([N+](=O)[O-])ccc1S(=O)(=O)Cl.COc1cc([N+](=O)[O-])ccc1S(=O)(=O)Nc1ccccn1.IC(I)I.ICI.Nc1ccccn1. The van der Waals surface area contributed by atoms with Crippen LogP contribution in [0.1, 0.15) is 38.8 Å². The number of nitrogen functional groups attached to an aromatic ring is 2. The Kier molecular flexibility index (Phi) is 55.5. The van der Waals surface area contributed by atoms with Crippen molar-refractivity contribution in [3.63, 3.8) is 0 Å². The monoisotopic (exact) mass is 2570 g/mol. The van der Waals surface area contributed by atoms with Crippen molar-refractivity contribution in [1.82, 2.24) is 24.9 Å². The van der Waals surface area contributed by atoms with Crippen molar-refractivity contribution >= 4 is 259 Å². The Bertz CT molecular complexity index is 6000. The topological polar surface area (TPSA) is 579 Å². The number of ether oxygens (including phenoxy) is 5. The van der Waals surface area contributed by atoms with E-state index in [1.54, 1.807) is 98.9 Å². The summed E-state index contributed by atoms with van der Waals surface area (Å²) in [5, 5.41) is 50.2. The minimum atomic E-state index is -3.96. The lowest BCUT2D eigenvalue weighted by molar-refractivity contribution is -0.385. The predicted molar refractivity (Wildman–Crippen MR) is 548 cm³/mol. The van der Waals surface area contributed by atoms with Gasteiger partial charge in [0.25, 0.3) is 60.5 Å². The summed E-state index contributed by atoms with van der Waals surface area (Å²) in [6.45, 7) is 8.13. The van der Waals surface area contributed by atoms with E-state index in [2.05, 4.69) is 219 Å². The molecular formula is C77H88ClI6N18O22S5+. The van der Waals surface area contributed by atoms with Gasteiger partial charge in [-0.15, -0.1) is 4.91 Å². The van der Waals surface area contributed by atoms with Crippen LogP contribution in [0.3, 0.4) is 0 Å². The van der Waals surface area contributed by atoms with Crippen LogP contribution in [0.5, 0.6) is 34.5 Å². The van der Waals surface area contributed by atoms with Crippen LogP contribution in [0, 0.1) is 50.3 Å². The number of hydrogen-bond donors (Lipinski definition) is 7. The molecule has 0 spiro atoms. The molecule has 0 fully saturated rings. The van der Waals surface area contributed by atoms with Crippen molar-refractivity contribution in [2.45, 2.75) is 66.0 Å². The fourth-order valence-corrected chi connectivity index (χ4v) is 14.7. The van der Waals surface area contributed by atoms with E-state index in [4.69, 9.17) is 51.2 Å². The van der Waals surface area contributed by atoms with E-state index in [0.717, 1.165) is 42.8 Å². The first-order valence-electron chi connectivity index (χ1n) is 35.3. The number of alkyl halides is 6. The summed E-state index contributed by atoms with van der Waals surface area (Å²) in [6, 6.07) is 47.3. The molecule has 0 atom stereocenters. The fourth-order valence-electron chi connectivity index (χ4n) is 9.02. The van der Waals surface area contributed by atoms with Gasteiger partial charge < -0.3 is 45.1 Å². The van der Waals surface area contributed by atoms with Crippen molar-refractivity contribution in [1.29, 1.82) is 5.39 Å². The van der Waals surface area contributed by atoms with E-state index in [9.17, 15) is 72.3 Å². The molecule has 0 saturated carbocycles. The van der Waals surface area contributed by atoms with Gasteiger partial charge in [-0.2, -0.15) is 10.2 Å². The van der Waals surface area contributed by atoms with Crippen LogP contribution in [0.25, 0.3) is 4.98 Å². The largest absolute Gasteiger partial charge is 0.507 e. The molecule has 11 aromatic rings. The molecule has 0 aliphatic heterocycles. The maximum atomic E-state index is 12.7. The number of pyridine rings is 5. The molecule has 5 heterocycles. The number of aromatic nitrogens is 5. The van der Waals surface area contributed by atoms with Crippen molar-refractivity contribution < 1.29 is 85.6 Å². The molecule has 0 saturated heterocycles. The number of nitrogens with one attached hydrogen (secondary N) is 4. The maximum absolute atomic E-state index is 12.7. The normalized spacial score (nSPS) is 10.4. The van der Waals surface area contributed by atoms with Gasteiger partial charge in [-0.05, 0) is 158 Å². The zero-order valence-electron chi connectivity index (χ0n) is 68.9. The van der Waals surface area contributed by atoms with Crippen LogP contribution < -0.4 is 54.0 Å². The Morgan fingerprint density at radius 2 is 0.806 bits per heavy atom. The van der Waals surface area contributed by atoms with E-state index < -0.39 is 59.0 Å². The van der Waals surface area contributed by atoms with Crippen LogP contribution in [-0.2, 0) is 54.0 Å². The number of phenolic OH excluding ortho intramolecular Hbond substituents is 1. The number of nitrogens with zero attached hydrogens (tertiary/aromatic N) is 12. The summed E-state index contributed by atoms with van der Waals surface area (Å²) in [7, 11) is -7.80. The first-order chi connectivity index (χ1) is 60.5. The number of diazo groups is 1. The molecule has 0 aliphatic rings. The Morgan fingerprint density at radius 3 is 1.12 bits per heavy atom. The van der Waals surface area contributed by atoms with E-state index >= 15 is 0 Å². The number of nitrogens with two attached hydrogens (primary N) is 2. The first kappa shape index (κ1) is 117. The molecule has 52 heteroatoms. The van der Waals surface area contributed by atoms with Gasteiger partial charge in [-0.1, -0.05) is 187 Å². The second-order valence-corrected chi connectivity index (χ2v) is 48.4. The molecule has 0 amide bonds. The Labute approximate surface area is 833 Å². The molecule has 0 aliphatic carbocycles. The van der Waals surface area contributed by atoms with Gasteiger partial charge in [-0.25, -0.2) is 67.0 Å². The molecule has 129 heavy (non-hydrogen) atoms. The number of methoxy groups -OCH3 is 5. The van der Waals surface area contributed by atoms with Crippen molar-refractivity contribution in [3.05, 3.63) is 266 Å². The molecule has 696 valence electrons. The summed E-state index contributed by atoms with van der Waals surface area (Å²) in [5.41, 5.74) is 13.3. The lowest BCUT2D eigenvalue weighted by Gasteiger charge is -2.11. The van der Waals surface area contributed by atoms with Gasteiger partial charge in [-0.3, -0.25) is 39.1 Å². The molecular weight excluding hydrogens is 2490 g/mol. The summed E-state index contributed by atoms with van der Waals surface area (Å²) >= 11 is 13.6. The number of benzene rings is 6. The average molecular weight is 2570 g/mol. The van der Waals surface area contributed by atoms with E-state index in [-0.39, 0.29) is 107 Å². The highest BCUT2D eigenvalue weighted by molar-refractivity contribution is 14.3. The molecule has 11 rings (SSSR count). The summed E-state index contributed by atoms with van der Waals surface area (Å²) in [6.07, 6.45) is 8.46. The second kappa shape index (κ2) is 61.0. The highest BCUT2D eigenvalue weighted by Gasteiger charge is 2.27. The van der Waals surface area contributed by atoms with Crippen LogP contribution in [0.15, 0.2) is 265 Å². The first-order valence-corrected chi connectivity index (χ1v) is 52.4. The second-order valence-electron chi connectivity index (χ2n) is 23.9. The highest BCUT2D eigenvalue weighted by atomic mass is 127. The van der Waals surface area contributed by atoms with Gasteiger partial charge in [0.15, 0.2) is 10.3 Å². The van der Waals surface area contributed by atoms with Gasteiger partial charge in [0.2, 0.25) is 5.39 Å². The number of aromatic hydroxyl groups is 1. The van der Waals surface area contributed by atoms with Crippen molar-refractivity contribution in [3.8, 4) is 34.5 Å². The third-order valence-corrected chi connectivity index (χ3v) is 21.6. The number of aryl methyl sites for hydroxylation is 2. The number of azo groups is 1. The van der Waals surface area contributed by atoms with Crippen LogP contribution in [0.2, 0.25) is 0 Å². The summed E-state index contributed by atoms with van der Waals surface area (Å²) in [5.74, 6) is 2.27. The molecule has 6 aromatic carbocycles. The number of nitro benzene ring substituents is 2. The number of sulfonamides is 4. The molecule has 9 N–H and O–H groups in total. The molecule has 5 aromatic heterocycles. The average Bonchev–Trinajstić information content (AvgIpc) is 0.809. The van der Waals surface area contributed by atoms with Gasteiger partial charge >= 0.3 is 5.69 Å². The lowest BCUT2D eigenvalue weighted by atomic mass is 10.1. The van der Waals surface area contributed by atoms with Crippen LogP contribution >= 0.6 is 146 Å². The molecule has 0 radical (unpaired) electrons. The summed E-state index contributed by atoms with van der Waals surface area (Å²) in [4.78, 5) is 57.0. The smallest absolute Gasteiger partial charge is 0.388 e. The molecule has 0 unspecified atom stereocenters. The van der Waals surface area contributed by atoms with Crippen molar-refractivity contribution in [2.75, 3.05) is 79.9 Å². The maximum Gasteiger partial charge on any atom is 0.388 e. The Morgan fingerprint density at radius 1 is 0.488 bits per heavy atom. The number of anilines is 6. The van der Waals surface area contributed by atoms with Crippen molar-refractivity contribution in [2.24, 2.45) is 21.5 Å². The third kappa shape index (κ3) is 43.7. The number of nitro groups is 2. The number of phenols is 1. The quantitative estimate of drug-likeness (QED) is 0.00253. The molecule has 40 nitrogen and oxygen atoms in total. The lowest BCUT2D eigenvalue weighted by Crippen LogP contribution is -2.15. The fraction of sp³-hybridized carbons (Fsp3) is 0.208. The number of hydrogen-bond acceptors (Lipinski definition) is 33. The van der Waals surface area contributed by atoms with Crippen LogP contribution in [0.4, 0.5) is 63.2 Å². The molecule has 0 bridgehead atoms. The predicted octanol–water partition coefficient (Wildman–Crippen LogP) is 20.3. The highest BCUT2D eigenvalue weighted by Crippen LogP contribution is 2.36. The number of halogens is 7. The van der Waals surface area contributed by atoms with E-state index in [0.29, 0.717) is 46.5 Å². The Balaban J connectivity index is 0.000000763. The number of non-ortho nitro benzene ring substituents is 2. The zero-order chi connectivity index (χ0) is 96.4. The van der Waals surface area contributed by atoms with Crippen LogP contribution in [-0.4, -0.2) is 131 Å². The number of rotatable bonds is 26.